The van der Waals surface area contributed by atoms with Gasteiger partial charge in [-0.3, -0.25) is 4.79 Å². The SMILES string of the molecule is COc1ccc(C(=O)C=Cc2cccnc2Nc2ccc(CO)c(OC)c2)cc1. The lowest BCUT2D eigenvalue weighted by Crippen LogP contribution is -1.99. The van der Waals surface area contributed by atoms with Gasteiger partial charge in [0, 0.05) is 34.6 Å². The fourth-order valence-electron chi connectivity index (χ4n) is 2.76. The third kappa shape index (κ3) is 5.00. The first-order chi connectivity index (χ1) is 14.1. The van der Waals surface area contributed by atoms with E-state index >= 15 is 0 Å². The second kappa shape index (κ2) is 9.52. The topological polar surface area (TPSA) is 80.7 Å². The van der Waals surface area contributed by atoms with Crippen molar-refractivity contribution in [2.75, 3.05) is 19.5 Å². The van der Waals surface area contributed by atoms with Gasteiger partial charge in [0.1, 0.15) is 17.3 Å². The zero-order valence-electron chi connectivity index (χ0n) is 16.3. The third-order valence-corrected chi connectivity index (χ3v) is 4.35. The number of methoxy groups -OCH3 is 2. The summed E-state index contributed by atoms with van der Waals surface area (Å²) in [6, 6.07) is 16.0. The molecule has 29 heavy (non-hydrogen) atoms. The van der Waals surface area contributed by atoms with Crippen LogP contribution >= 0.6 is 0 Å². The molecule has 0 saturated heterocycles. The molecule has 3 aromatic rings. The van der Waals surface area contributed by atoms with Crippen molar-refractivity contribution in [1.29, 1.82) is 0 Å². The molecular weight excluding hydrogens is 368 g/mol. The van der Waals surface area contributed by atoms with Crippen molar-refractivity contribution in [2.45, 2.75) is 6.61 Å². The number of benzene rings is 2. The minimum absolute atomic E-state index is 0.103. The first-order valence-electron chi connectivity index (χ1n) is 9.01. The zero-order chi connectivity index (χ0) is 20.6. The summed E-state index contributed by atoms with van der Waals surface area (Å²) in [5.41, 5.74) is 2.79. The van der Waals surface area contributed by atoms with E-state index < -0.39 is 0 Å². The molecule has 6 nitrogen and oxygen atoms in total. The number of ketones is 1. The highest BCUT2D eigenvalue weighted by molar-refractivity contribution is 6.07. The number of aliphatic hydroxyl groups excluding tert-OH is 1. The molecule has 148 valence electrons. The maximum atomic E-state index is 12.4. The number of nitrogens with one attached hydrogen (secondary N) is 1. The van der Waals surface area contributed by atoms with Crippen LogP contribution in [0.3, 0.4) is 0 Å². The quantitative estimate of drug-likeness (QED) is 0.443. The highest BCUT2D eigenvalue weighted by atomic mass is 16.5. The number of hydrogen-bond donors (Lipinski definition) is 2. The average molecular weight is 390 g/mol. The maximum Gasteiger partial charge on any atom is 0.185 e. The van der Waals surface area contributed by atoms with Crippen LogP contribution in [0.25, 0.3) is 6.08 Å². The van der Waals surface area contributed by atoms with E-state index in [1.165, 1.54) is 6.08 Å². The summed E-state index contributed by atoms with van der Waals surface area (Å²) in [5, 5.41) is 12.6. The van der Waals surface area contributed by atoms with Crippen molar-refractivity contribution in [3.8, 4) is 11.5 Å². The smallest absolute Gasteiger partial charge is 0.185 e. The Kier molecular flexibility index (Phi) is 6.60. The summed E-state index contributed by atoms with van der Waals surface area (Å²) in [7, 11) is 3.14. The van der Waals surface area contributed by atoms with Gasteiger partial charge in [-0.25, -0.2) is 4.98 Å². The molecule has 0 atom stereocenters. The van der Waals surface area contributed by atoms with Crippen molar-refractivity contribution in [3.63, 3.8) is 0 Å². The van der Waals surface area contributed by atoms with Crippen molar-refractivity contribution in [1.82, 2.24) is 4.98 Å². The van der Waals surface area contributed by atoms with Crippen molar-refractivity contribution < 1.29 is 19.4 Å². The number of aromatic nitrogens is 1. The predicted molar refractivity (Wildman–Crippen MR) is 113 cm³/mol. The van der Waals surface area contributed by atoms with Crippen molar-refractivity contribution in [3.05, 3.63) is 83.6 Å². The second-order valence-corrected chi connectivity index (χ2v) is 6.18. The summed E-state index contributed by atoms with van der Waals surface area (Å²) in [6.07, 6.45) is 4.91. The Morgan fingerprint density at radius 3 is 2.59 bits per heavy atom. The molecule has 0 spiro atoms. The number of carbonyl (C=O) groups is 1. The minimum Gasteiger partial charge on any atom is -0.497 e. The number of nitrogens with zero attached hydrogens (tertiary/aromatic N) is 1. The first-order valence-corrected chi connectivity index (χ1v) is 9.01. The van der Waals surface area contributed by atoms with Crippen LogP contribution in [0, 0.1) is 0 Å². The molecule has 0 aliphatic heterocycles. The van der Waals surface area contributed by atoms with E-state index in [9.17, 15) is 9.90 Å². The Hall–Kier alpha value is -3.64. The lowest BCUT2D eigenvalue weighted by molar-refractivity contribution is 0.104. The van der Waals surface area contributed by atoms with E-state index in [-0.39, 0.29) is 12.4 Å². The summed E-state index contributed by atoms with van der Waals surface area (Å²) >= 11 is 0. The summed E-state index contributed by atoms with van der Waals surface area (Å²) < 4.78 is 10.4. The van der Waals surface area contributed by atoms with Crippen molar-refractivity contribution in [2.24, 2.45) is 0 Å². The van der Waals surface area contributed by atoms with Crippen LogP contribution in [0.2, 0.25) is 0 Å². The lowest BCUT2D eigenvalue weighted by atomic mass is 10.1. The number of allylic oxidation sites excluding steroid dienone is 1. The number of carbonyl (C=O) groups excluding carboxylic acids is 1. The molecule has 0 unspecified atom stereocenters. The highest BCUT2D eigenvalue weighted by Gasteiger charge is 2.07. The van der Waals surface area contributed by atoms with Gasteiger partial charge in [-0.2, -0.15) is 0 Å². The van der Waals surface area contributed by atoms with Gasteiger partial charge < -0.3 is 19.9 Å². The Balaban J connectivity index is 1.79. The van der Waals surface area contributed by atoms with Gasteiger partial charge >= 0.3 is 0 Å². The average Bonchev–Trinajstić information content (AvgIpc) is 2.78. The van der Waals surface area contributed by atoms with Crippen LogP contribution < -0.4 is 14.8 Å². The van der Waals surface area contributed by atoms with Crippen LogP contribution in [0.5, 0.6) is 11.5 Å². The van der Waals surface area contributed by atoms with Gasteiger partial charge in [0.25, 0.3) is 0 Å². The molecule has 0 aliphatic carbocycles. The molecule has 2 N–H and O–H groups in total. The number of rotatable bonds is 8. The highest BCUT2D eigenvalue weighted by Crippen LogP contribution is 2.26. The summed E-state index contributed by atoms with van der Waals surface area (Å²) in [4.78, 5) is 16.8. The molecule has 0 aliphatic rings. The molecule has 0 bridgehead atoms. The van der Waals surface area contributed by atoms with Crippen LogP contribution in [-0.2, 0) is 6.61 Å². The fourth-order valence-corrected chi connectivity index (χ4v) is 2.76. The van der Waals surface area contributed by atoms with E-state index in [0.29, 0.717) is 28.4 Å². The Bertz CT molecular complexity index is 1010. The largest absolute Gasteiger partial charge is 0.497 e. The maximum absolute atomic E-state index is 12.4. The van der Waals surface area contributed by atoms with Gasteiger partial charge in [-0.1, -0.05) is 6.07 Å². The van der Waals surface area contributed by atoms with Gasteiger partial charge in [-0.05, 0) is 54.6 Å². The van der Waals surface area contributed by atoms with Crippen LogP contribution in [0.4, 0.5) is 11.5 Å². The molecule has 1 aromatic heterocycles. The Morgan fingerprint density at radius 1 is 1.10 bits per heavy atom. The van der Waals surface area contributed by atoms with Crippen LogP contribution in [0.1, 0.15) is 21.5 Å². The number of pyridine rings is 1. The van der Waals surface area contributed by atoms with Crippen LogP contribution in [0.15, 0.2) is 66.9 Å². The standard InChI is InChI=1S/C23H22N2O4/c1-28-20-10-6-16(7-11-20)21(27)12-8-17-4-3-13-24-23(17)25-19-9-5-18(15-26)22(14-19)29-2/h3-14,26H,15H2,1-2H3,(H,24,25). The van der Waals surface area contributed by atoms with Gasteiger partial charge in [0.15, 0.2) is 5.78 Å². The van der Waals surface area contributed by atoms with E-state index in [4.69, 9.17) is 9.47 Å². The Morgan fingerprint density at radius 2 is 1.90 bits per heavy atom. The van der Waals surface area contributed by atoms with E-state index in [2.05, 4.69) is 10.3 Å². The van der Waals surface area contributed by atoms with Crippen molar-refractivity contribution >= 4 is 23.4 Å². The predicted octanol–water partition coefficient (Wildman–Crippen LogP) is 4.23. The normalized spacial score (nSPS) is 10.7. The minimum atomic E-state index is -0.114. The van der Waals surface area contributed by atoms with Gasteiger partial charge in [-0.15, -0.1) is 0 Å². The monoisotopic (exact) mass is 390 g/mol. The second-order valence-electron chi connectivity index (χ2n) is 6.18. The summed E-state index contributed by atoms with van der Waals surface area (Å²) in [6.45, 7) is -0.103. The Labute approximate surface area is 169 Å². The molecule has 0 amide bonds. The van der Waals surface area contributed by atoms with E-state index in [1.807, 2.05) is 12.1 Å². The van der Waals surface area contributed by atoms with Crippen LogP contribution in [-0.4, -0.2) is 30.1 Å². The molecule has 3 rings (SSSR count). The molecule has 0 fully saturated rings. The first kappa shape index (κ1) is 20.1. The zero-order valence-corrected chi connectivity index (χ0v) is 16.3. The molecule has 6 heteroatoms. The van der Waals surface area contributed by atoms with E-state index in [1.54, 1.807) is 69.0 Å². The fraction of sp³-hybridized carbons (Fsp3) is 0.130. The lowest BCUT2D eigenvalue weighted by Gasteiger charge is -2.12. The number of hydrogen-bond acceptors (Lipinski definition) is 6. The number of aliphatic hydroxyl groups is 1. The molecule has 0 saturated carbocycles. The molecule has 1 heterocycles. The molecule has 2 aromatic carbocycles. The van der Waals surface area contributed by atoms with Gasteiger partial charge in [0.2, 0.25) is 0 Å². The summed E-state index contributed by atoms with van der Waals surface area (Å²) in [5.74, 6) is 1.77. The third-order valence-electron chi connectivity index (χ3n) is 4.35. The number of anilines is 2. The number of ether oxygens (including phenoxy) is 2. The van der Waals surface area contributed by atoms with E-state index in [0.717, 1.165) is 11.3 Å². The molecule has 0 radical (unpaired) electrons. The molecular formula is C23H22N2O4. The van der Waals surface area contributed by atoms with Gasteiger partial charge in [0.05, 0.1) is 20.8 Å².